The minimum Gasteiger partial charge on any atom is -0.508 e. The van der Waals surface area contributed by atoms with Gasteiger partial charge in [-0.2, -0.15) is 0 Å². The first kappa shape index (κ1) is 17.5. The van der Waals surface area contributed by atoms with E-state index in [0.717, 1.165) is 16.8 Å². The van der Waals surface area contributed by atoms with Crippen molar-refractivity contribution in [3.8, 4) is 5.75 Å². The number of carbonyl (C=O) groups is 1. The van der Waals surface area contributed by atoms with Crippen LogP contribution in [0.4, 0.5) is 5.69 Å². The van der Waals surface area contributed by atoms with Gasteiger partial charge in [-0.25, -0.2) is 4.79 Å². The Labute approximate surface area is 153 Å². The summed E-state index contributed by atoms with van der Waals surface area (Å²) in [5.74, 6) is -0.132. The van der Waals surface area contributed by atoms with E-state index in [2.05, 4.69) is 5.32 Å². The Balaban J connectivity index is 1.70. The maximum absolute atomic E-state index is 12.7. The standard InChI is InChI=1S/C22H21NO3/c24-20-13-11-19(12-14-20)23-21(15-17-7-3-1-4-8-17)22(25)26-16-18-9-5-2-6-10-18/h1-14,21,23-24H,15-16H2/t21-/m0/s1. The van der Waals surface area contributed by atoms with E-state index in [1.165, 1.54) is 0 Å². The van der Waals surface area contributed by atoms with E-state index in [1.807, 2.05) is 60.7 Å². The van der Waals surface area contributed by atoms with E-state index >= 15 is 0 Å². The summed E-state index contributed by atoms with van der Waals surface area (Å²) >= 11 is 0. The number of hydrogen-bond acceptors (Lipinski definition) is 4. The summed E-state index contributed by atoms with van der Waals surface area (Å²) in [7, 11) is 0. The van der Waals surface area contributed by atoms with Crippen LogP contribution in [-0.4, -0.2) is 17.1 Å². The Morgan fingerprint density at radius 3 is 2.04 bits per heavy atom. The maximum atomic E-state index is 12.7. The highest BCUT2D eigenvalue weighted by atomic mass is 16.5. The fraction of sp³-hybridized carbons (Fsp3) is 0.136. The molecule has 4 nitrogen and oxygen atoms in total. The molecule has 0 aliphatic rings. The van der Waals surface area contributed by atoms with Crippen molar-refractivity contribution in [3.63, 3.8) is 0 Å². The van der Waals surface area contributed by atoms with Gasteiger partial charge in [0.2, 0.25) is 0 Å². The highest BCUT2D eigenvalue weighted by Gasteiger charge is 2.20. The molecule has 1 atom stereocenters. The van der Waals surface area contributed by atoms with Crippen LogP contribution in [0.25, 0.3) is 0 Å². The number of nitrogens with one attached hydrogen (secondary N) is 1. The molecule has 0 unspecified atom stereocenters. The molecule has 0 radical (unpaired) electrons. The molecule has 0 fully saturated rings. The second kappa shape index (κ2) is 8.72. The van der Waals surface area contributed by atoms with Gasteiger partial charge in [-0.15, -0.1) is 0 Å². The monoisotopic (exact) mass is 347 g/mol. The summed E-state index contributed by atoms with van der Waals surface area (Å²) in [5.41, 5.74) is 2.74. The summed E-state index contributed by atoms with van der Waals surface area (Å²) in [6.45, 7) is 0.238. The molecule has 0 saturated heterocycles. The number of rotatable bonds is 7. The van der Waals surface area contributed by atoms with Gasteiger partial charge in [0, 0.05) is 12.1 Å². The molecule has 3 aromatic rings. The van der Waals surface area contributed by atoms with Crippen molar-refractivity contribution in [2.75, 3.05) is 5.32 Å². The second-order valence-electron chi connectivity index (χ2n) is 6.03. The number of ether oxygens (including phenoxy) is 1. The van der Waals surface area contributed by atoms with Gasteiger partial charge in [-0.3, -0.25) is 0 Å². The van der Waals surface area contributed by atoms with Crippen molar-refractivity contribution >= 4 is 11.7 Å². The average molecular weight is 347 g/mol. The molecule has 0 heterocycles. The maximum Gasteiger partial charge on any atom is 0.329 e. The number of anilines is 1. The topological polar surface area (TPSA) is 58.6 Å². The van der Waals surface area contributed by atoms with Crippen LogP contribution in [0.15, 0.2) is 84.9 Å². The van der Waals surface area contributed by atoms with Gasteiger partial charge in [-0.1, -0.05) is 60.7 Å². The largest absolute Gasteiger partial charge is 0.508 e. The fourth-order valence-electron chi connectivity index (χ4n) is 2.63. The molecule has 4 heteroatoms. The number of esters is 1. The van der Waals surface area contributed by atoms with Crippen molar-refractivity contribution in [3.05, 3.63) is 96.1 Å². The molecule has 0 aromatic heterocycles. The predicted octanol–water partition coefficient (Wildman–Crippen LogP) is 4.16. The first-order valence-electron chi connectivity index (χ1n) is 8.51. The molecular formula is C22H21NO3. The normalized spacial score (nSPS) is 11.5. The Hall–Kier alpha value is -3.27. The van der Waals surface area contributed by atoms with E-state index < -0.39 is 6.04 Å². The molecule has 0 amide bonds. The Morgan fingerprint density at radius 1 is 0.846 bits per heavy atom. The second-order valence-corrected chi connectivity index (χ2v) is 6.03. The Morgan fingerprint density at radius 2 is 1.42 bits per heavy atom. The van der Waals surface area contributed by atoms with Crippen LogP contribution in [0.2, 0.25) is 0 Å². The fourth-order valence-corrected chi connectivity index (χ4v) is 2.63. The number of hydrogen-bond donors (Lipinski definition) is 2. The summed E-state index contributed by atoms with van der Waals surface area (Å²) < 4.78 is 5.51. The molecule has 26 heavy (non-hydrogen) atoms. The summed E-state index contributed by atoms with van der Waals surface area (Å²) in [6, 6.07) is 25.5. The molecule has 2 N–H and O–H groups in total. The molecule has 0 saturated carbocycles. The number of benzene rings is 3. The lowest BCUT2D eigenvalue weighted by atomic mass is 10.1. The molecule has 3 aromatic carbocycles. The molecule has 0 aliphatic heterocycles. The molecule has 3 rings (SSSR count). The van der Waals surface area contributed by atoms with Crippen molar-refractivity contribution < 1.29 is 14.6 Å². The number of phenols is 1. The third kappa shape index (κ3) is 5.11. The van der Waals surface area contributed by atoms with E-state index in [0.29, 0.717) is 6.42 Å². The van der Waals surface area contributed by atoms with Crippen molar-refractivity contribution in [1.82, 2.24) is 0 Å². The van der Waals surface area contributed by atoms with Crippen LogP contribution < -0.4 is 5.32 Å². The quantitative estimate of drug-likeness (QED) is 0.498. The number of carbonyl (C=O) groups excluding carboxylic acids is 1. The van der Waals surface area contributed by atoms with Crippen LogP contribution in [-0.2, 0) is 22.6 Å². The van der Waals surface area contributed by atoms with Gasteiger partial charge in [0.25, 0.3) is 0 Å². The van der Waals surface area contributed by atoms with Crippen LogP contribution in [0.3, 0.4) is 0 Å². The Kier molecular flexibility index (Phi) is 5.88. The highest BCUT2D eigenvalue weighted by Crippen LogP contribution is 2.17. The van der Waals surface area contributed by atoms with Crippen molar-refractivity contribution in [1.29, 1.82) is 0 Å². The van der Waals surface area contributed by atoms with Gasteiger partial charge in [0.1, 0.15) is 18.4 Å². The first-order chi connectivity index (χ1) is 12.7. The van der Waals surface area contributed by atoms with Gasteiger partial charge >= 0.3 is 5.97 Å². The van der Waals surface area contributed by atoms with Crippen molar-refractivity contribution in [2.24, 2.45) is 0 Å². The first-order valence-corrected chi connectivity index (χ1v) is 8.51. The van der Waals surface area contributed by atoms with Crippen LogP contribution >= 0.6 is 0 Å². The average Bonchev–Trinajstić information content (AvgIpc) is 2.69. The van der Waals surface area contributed by atoms with Gasteiger partial charge < -0.3 is 15.2 Å². The highest BCUT2D eigenvalue weighted by molar-refractivity contribution is 5.79. The van der Waals surface area contributed by atoms with Crippen LogP contribution in [0, 0.1) is 0 Å². The zero-order chi connectivity index (χ0) is 18.2. The van der Waals surface area contributed by atoms with Crippen LogP contribution in [0.1, 0.15) is 11.1 Å². The Bertz CT molecular complexity index is 817. The zero-order valence-electron chi connectivity index (χ0n) is 14.3. The van der Waals surface area contributed by atoms with Gasteiger partial charge in [0.05, 0.1) is 0 Å². The zero-order valence-corrected chi connectivity index (χ0v) is 14.3. The molecule has 0 aliphatic carbocycles. The molecule has 0 bridgehead atoms. The van der Waals surface area contributed by atoms with E-state index in [9.17, 15) is 9.90 Å². The minimum atomic E-state index is -0.523. The predicted molar refractivity (Wildman–Crippen MR) is 102 cm³/mol. The van der Waals surface area contributed by atoms with E-state index in [-0.39, 0.29) is 18.3 Å². The number of phenolic OH excluding ortho intramolecular Hbond substituents is 1. The minimum absolute atomic E-state index is 0.182. The molecule has 132 valence electrons. The summed E-state index contributed by atoms with van der Waals surface area (Å²) in [6.07, 6.45) is 0.509. The lowest BCUT2D eigenvalue weighted by Crippen LogP contribution is -2.33. The summed E-state index contributed by atoms with van der Waals surface area (Å²) in [4.78, 5) is 12.7. The van der Waals surface area contributed by atoms with E-state index in [1.54, 1.807) is 24.3 Å². The SMILES string of the molecule is O=C(OCc1ccccc1)[C@H](Cc1ccccc1)Nc1ccc(O)cc1. The lowest BCUT2D eigenvalue weighted by Gasteiger charge is -2.19. The van der Waals surface area contributed by atoms with Gasteiger partial charge in [0.15, 0.2) is 0 Å². The third-order valence-corrected chi connectivity index (χ3v) is 4.00. The van der Waals surface area contributed by atoms with E-state index in [4.69, 9.17) is 4.74 Å². The summed E-state index contributed by atoms with van der Waals surface area (Å²) in [5, 5.41) is 12.6. The van der Waals surface area contributed by atoms with Crippen LogP contribution in [0.5, 0.6) is 5.75 Å². The molecule has 0 spiro atoms. The number of aromatic hydroxyl groups is 1. The smallest absolute Gasteiger partial charge is 0.329 e. The molecular weight excluding hydrogens is 326 g/mol. The third-order valence-electron chi connectivity index (χ3n) is 4.00. The lowest BCUT2D eigenvalue weighted by molar-refractivity contribution is -0.145. The van der Waals surface area contributed by atoms with Gasteiger partial charge in [-0.05, 0) is 35.4 Å². The van der Waals surface area contributed by atoms with Crippen molar-refractivity contribution in [2.45, 2.75) is 19.1 Å².